The number of carbonyl (C=O) groups excluding carboxylic acids is 1. The molecule has 0 spiro atoms. The summed E-state index contributed by atoms with van der Waals surface area (Å²) in [5.74, 6) is 0.692. The number of likely N-dealkylation sites (tertiary alicyclic amines) is 1. The molecular weight excluding hydrogens is 276 g/mol. The molecule has 1 aliphatic rings. The Kier molecular flexibility index (Phi) is 6.25. The fourth-order valence-electron chi connectivity index (χ4n) is 3.06. The SMILES string of the molecule is CCN(CC)C(=O)Oc1ccccc1C(C)N1CCCCC1. The van der Waals surface area contributed by atoms with Crippen molar-refractivity contribution in [2.75, 3.05) is 26.2 Å². The van der Waals surface area contributed by atoms with Gasteiger partial charge in [0, 0.05) is 24.7 Å². The van der Waals surface area contributed by atoms with Crippen LogP contribution in [0.4, 0.5) is 4.79 Å². The standard InChI is InChI=1S/C18H28N2O2/c1-4-19(5-2)18(21)22-17-12-8-7-11-16(17)15(3)20-13-9-6-10-14-20/h7-8,11-12,15H,4-6,9-10,13-14H2,1-3H3. The lowest BCUT2D eigenvalue weighted by Gasteiger charge is -2.33. The van der Waals surface area contributed by atoms with Gasteiger partial charge in [-0.3, -0.25) is 4.90 Å². The molecule has 2 rings (SSSR count). The highest BCUT2D eigenvalue weighted by Crippen LogP contribution is 2.31. The van der Waals surface area contributed by atoms with E-state index in [1.54, 1.807) is 4.90 Å². The molecule has 0 radical (unpaired) electrons. The Morgan fingerprint density at radius 1 is 1.18 bits per heavy atom. The van der Waals surface area contributed by atoms with Crippen LogP contribution in [0.2, 0.25) is 0 Å². The maximum Gasteiger partial charge on any atom is 0.415 e. The molecule has 1 aromatic rings. The van der Waals surface area contributed by atoms with Crippen LogP contribution in [0.1, 0.15) is 51.6 Å². The monoisotopic (exact) mass is 304 g/mol. The zero-order valence-corrected chi connectivity index (χ0v) is 14.0. The lowest BCUT2D eigenvalue weighted by Crippen LogP contribution is -2.34. The maximum absolute atomic E-state index is 12.2. The average Bonchev–Trinajstić information content (AvgIpc) is 2.56. The Morgan fingerprint density at radius 2 is 1.82 bits per heavy atom. The quantitative estimate of drug-likeness (QED) is 0.822. The summed E-state index contributed by atoms with van der Waals surface area (Å²) >= 11 is 0. The molecule has 1 aliphatic heterocycles. The fraction of sp³-hybridized carbons (Fsp3) is 0.611. The molecule has 0 bridgehead atoms. The van der Waals surface area contributed by atoms with E-state index in [-0.39, 0.29) is 12.1 Å². The molecule has 0 saturated carbocycles. The van der Waals surface area contributed by atoms with Crippen LogP contribution in [-0.2, 0) is 0 Å². The molecule has 1 atom stereocenters. The Bertz CT molecular complexity index is 480. The average molecular weight is 304 g/mol. The molecular formula is C18H28N2O2. The summed E-state index contributed by atoms with van der Waals surface area (Å²) in [4.78, 5) is 16.4. The predicted octanol–water partition coefficient (Wildman–Crippen LogP) is 4.07. The summed E-state index contributed by atoms with van der Waals surface area (Å²) < 4.78 is 5.66. The molecule has 4 heteroatoms. The highest BCUT2D eigenvalue weighted by molar-refractivity contribution is 5.71. The molecule has 122 valence electrons. The lowest BCUT2D eigenvalue weighted by molar-refractivity contribution is 0.151. The number of carbonyl (C=O) groups is 1. The van der Waals surface area contributed by atoms with Crippen molar-refractivity contribution in [1.29, 1.82) is 0 Å². The van der Waals surface area contributed by atoms with Gasteiger partial charge >= 0.3 is 6.09 Å². The van der Waals surface area contributed by atoms with E-state index in [0.29, 0.717) is 18.8 Å². The molecule has 0 aliphatic carbocycles. The van der Waals surface area contributed by atoms with Gasteiger partial charge in [-0.25, -0.2) is 4.79 Å². The van der Waals surface area contributed by atoms with Gasteiger partial charge in [-0.2, -0.15) is 0 Å². The molecule has 1 saturated heterocycles. The normalized spacial score (nSPS) is 17.0. The van der Waals surface area contributed by atoms with E-state index in [1.165, 1.54) is 19.3 Å². The number of ether oxygens (including phenoxy) is 1. The van der Waals surface area contributed by atoms with E-state index in [2.05, 4.69) is 17.9 Å². The van der Waals surface area contributed by atoms with Crippen molar-refractivity contribution < 1.29 is 9.53 Å². The first-order valence-electron chi connectivity index (χ1n) is 8.47. The molecule has 1 heterocycles. The van der Waals surface area contributed by atoms with Crippen LogP contribution in [0.5, 0.6) is 5.75 Å². The number of hydrogen-bond donors (Lipinski definition) is 0. The molecule has 1 fully saturated rings. The van der Waals surface area contributed by atoms with Gasteiger partial charge in [-0.05, 0) is 52.8 Å². The van der Waals surface area contributed by atoms with Crippen LogP contribution in [0.3, 0.4) is 0 Å². The van der Waals surface area contributed by atoms with Gasteiger partial charge in [0.15, 0.2) is 0 Å². The Morgan fingerprint density at radius 3 is 2.45 bits per heavy atom. The molecule has 22 heavy (non-hydrogen) atoms. The minimum atomic E-state index is -0.261. The minimum Gasteiger partial charge on any atom is -0.410 e. The van der Waals surface area contributed by atoms with Crippen molar-refractivity contribution in [3.05, 3.63) is 29.8 Å². The van der Waals surface area contributed by atoms with E-state index in [1.807, 2.05) is 32.0 Å². The molecule has 0 N–H and O–H groups in total. The largest absolute Gasteiger partial charge is 0.415 e. The van der Waals surface area contributed by atoms with Gasteiger partial charge in [-0.1, -0.05) is 24.6 Å². The van der Waals surface area contributed by atoms with Gasteiger partial charge < -0.3 is 9.64 Å². The van der Waals surface area contributed by atoms with Crippen molar-refractivity contribution in [3.8, 4) is 5.75 Å². The van der Waals surface area contributed by atoms with Crippen molar-refractivity contribution in [2.24, 2.45) is 0 Å². The number of hydrogen-bond acceptors (Lipinski definition) is 3. The van der Waals surface area contributed by atoms with Crippen LogP contribution < -0.4 is 4.74 Å². The molecule has 1 aromatic carbocycles. The van der Waals surface area contributed by atoms with Crippen LogP contribution in [0.25, 0.3) is 0 Å². The van der Waals surface area contributed by atoms with Gasteiger partial charge in [0.1, 0.15) is 5.75 Å². The van der Waals surface area contributed by atoms with Crippen molar-refractivity contribution in [3.63, 3.8) is 0 Å². The summed E-state index contributed by atoms with van der Waals surface area (Å²) in [6.07, 6.45) is 3.57. The maximum atomic E-state index is 12.2. The third-order valence-corrected chi connectivity index (χ3v) is 4.53. The number of nitrogens with zero attached hydrogens (tertiary/aromatic N) is 2. The molecule has 1 amide bonds. The highest BCUT2D eigenvalue weighted by atomic mass is 16.6. The highest BCUT2D eigenvalue weighted by Gasteiger charge is 2.22. The number of amides is 1. The van der Waals surface area contributed by atoms with E-state index in [4.69, 9.17) is 4.74 Å². The van der Waals surface area contributed by atoms with Crippen LogP contribution in [0, 0.1) is 0 Å². The predicted molar refractivity (Wildman–Crippen MR) is 89.2 cm³/mol. The molecule has 1 unspecified atom stereocenters. The first-order valence-corrected chi connectivity index (χ1v) is 8.47. The Labute approximate surface area is 134 Å². The van der Waals surface area contributed by atoms with Crippen molar-refractivity contribution >= 4 is 6.09 Å². The minimum absolute atomic E-state index is 0.261. The van der Waals surface area contributed by atoms with Gasteiger partial charge in [0.2, 0.25) is 0 Å². The summed E-state index contributed by atoms with van der Waals surface area (Å²) in [6.45, 7) is 9.72. The third-order valence-electron chi connectivity index (χ3n) is 4.53. The first kappa shape index (κ1) is 16.8. The smallest absolute Gasteiger partial charge is 0.410 e. The van der Waals surface area contributed by atoms with Crippen LogP contribution >= 0.6 is 0 Å². The second-order valence-corrected chi connectivity index (χ2v) is 5.85. The first-order chi connectivity index (χ1) is 10.7. The zero-order valence-electron chi connectivity index (χ0n) is 14.0. The second-order valence-electron chi connectivity index (χ2n) is 5.85. The summed E-state index contributed by atoms with van der Waals surface area (Å²) in [5, 5.41) is 0. The lowest BCUT2D eigenvalue weighted by atomic mass is 10.0. The van der Waals surface area contributed by atoms with Crippen molar-refractivity contribution in [1.82, 2.24) is 9.80 Å². The Balaban J connectivity index is 2.13. The van der Waals surface area contributed by atoms with E-state index in [0.717, 1.165) is 18.7 Å². The summed E-state index contributed by atoms with van der Waals surface area (Å²) in [7, 11) is 0. The van der Waals surface area contributed by atoms with Gasteiger partial charge in [0.05, 0.1) is 0 Å². The number of piperidine rings is 1. The molecule has 0 aromatic heterocycles. The third kappa shape index (κ3) is 4.01. The second kappa shape index (κ2) is 8.18. The van der Waals surface area contributed by atoms with E-state index < -0.39 is 0 Å². The summed E-state index contributed by atoms with van der Waals surface area (Å²) in [5.41, 5.74) is 1.10. The van der Waals surface area contributed by atoms with Gasteiger partial charge in [0.25, 0.3) is 0 Å². The fourth-order valence-corrected chi connectivity index (χ4v) is 3.06. The summed E-state index contributed by atoms with van der Waals surface area (Å²) in [6, 6.07) is 8.20. The topological polar surface area (TPSA) is 32.8 Å². The van der Waals surface area contributed by atoms with E-state index in [9.17, 15) is 4.79 Å². The van der Waals surface area contributed by atoms with Crippen LogP contribution in [0.15, 0.2) is 24.3 Å². The van der Waals surface area contributed by atoms with Crippen molar-refractivity contribution in [2.45, 2.75) is 46.1 Å². The number of para-hydroxylation sites is 1. The van der Waals surface area contributed by atoms with Gasteiger partial charge in [-0.15, -0.1) is 0 Å². The number of benzene rings is 1. The molecule has 4 nitrogen and oxygen atoms in total. The van der Waals surface area contributed by atoms with E-state index >= 15 is 0 Å². The Hall–Kier alpha value is -1.55. The van der Waals surface area contributed by atoms with Crippen LogP contribution in [-0.4, -0.2) is 42.1 Å². The zero-order chi connectivity index (χ0) is 15.9. The number of rotatable bonds is 5.